The Balaban J connectivity index is 1.73. The summed E-state index contributed by atoms with van der Waals surface area (Å²) in [5.74, 6) is 0. The Morgan fingerprint density at radius 2 is 1.91 bits per heavy atom. The maximum atomic E-state index is 11.9. The number of aliphatic hydroxyl groups is 1. The highest BCUT2D eigenvalue weighted by Crippen LogP contribution is 2.23. The first-order valence-corrected chi connectivity index (χ1v) is 8.79. The summed E-state index contributed by atoms with van der Waals surface area (Å²) in [5.41, 5.74) is -1.12. The SMILES string of the molecule is CC(C)(C)OC(=O)NC1CCCC(NCC2(O)CCOCC2)C1. The zero-order valence-corrected chi connectivity index (χ0v) is 14.7. The molecule has 2 aliphatic rings. The van der Waals surface area contributed by atoms with E-state index >= 15 is 0 Å². The van der Waals surface area contributed by atoms with Gasteiger partial charge in [0.1, 0.15) is 5.60 Å². The van der Waals surface area contributed by atoms with Gasteiger partial charge in [0.25, 0.3) is 0 Å². The minimum atomic E-state index is -0.649. The summed E-state index contributed by atoms with van der Waals surface area (Å²) in [6.07, 6.45) is 5.05. The molecule has 6 heteroatoms. The molecule has 0 bridgehead atoms. The van der Waals surface area contributed by atoms with Crippen molar-refractivity contribution in [2.24, 2.45) is 0 Å². The third-order valence-electron chi connectivity index (χ3n) is 4.54. The molecule has 1 aliphatic carbocycles. The average molecular weight is 328 g/mol. The van der Waals surface area contributed by atoms with E-state index in [2.05, 4.69) is 10.6 Å². The molecule has 0 spiro atoms. The van der Waals surface area contributed by atoms with Crippen molar-refractivity contribution in [1.29, 1.82) is 0 Å². The number of alkyl carbamates (subject to hydrolysis) is 1. The molecule has 1 saturated heterocycles. The first-order chi connectivity index (χ1) is 10.8. The average Bonchev–Trinajstić information content (AvgIpc) is 2.44. The predicted molar refractivity (Wildman–Crippen MR) is 88.4 cm³/mol. The van der Waals surface area contributed by atoms with E-state index < -0.39 is 11.2 Å². The number of nitrogens with one attached hydrogen (secondary N) is 2. The van der Waals surface area contributed by atoms with Gasteiger partial charge in [-0.05, 0) is 46.5 Å². The van der Waals surface area contributed by atoms with E-state index in [9.17, 15) is 9.90 Å². The van der Waals surface area contributed by atoms with Gasteiger partial charge in [-0.3, -0.25) is 0 Å². The molecule has 0 aromatic heterocycles. The van der Waals surface area contributed by atoms with Crippen LogP contribution in [0.2, 0.25) is 0 Å². The van der Waals surface area contributed by atoms with Gasteiger partial charge in [0.05, 0.1) is 5.60 Å². The summed E-state index contributed by atoms with van der Waals surface area (Å²) in [6, 6.07) is 0.469. The van der Waals surface area contributed by atoms with Crippen LogP contribution in [0, 0.1) is 0 Å². The van der Waals surface area contributed by atoms with Crippen molar-refractivity contribution in [1.82, 2.24) is 10.6 Å². The number of carbonyl (C=O) groups excluding carboxylic acids is 1. The zero-order chi connectivity index (χ0) is 16.9. The van der Waals surface area contributed by atoms with E-state index in [1.807, 2.05) is 20.8 Å². The van der Waals surface area contributed by atoms with Crippen LogP contribution in [-0.2, 0) is 9.47 Å². The van der Waals surface area contributed by atoms with Gasteiger partial charge >= 0.3 is 6.09 Å². The normalized spacial score (nSPS) is 28.2. The standard InChI is InChI=1S/C17H32N2O4/c1-16(2,3)23-15(20)19-14-6-4-5-13(11-14)18-12-17(21)7-9-22-10-8-17/h13-14,18,21H,4-12H2,1-3H3,(H,19,20). The quantitative estimate of drug-likeness (QED) is 0.735. The van der Waals surface area contributed by atoms with Crippen LogP contribution in [0.5, 0.6) is 0 Å². The minimum Gasteiger partial charge on any atom is -0.444 e. The van der Waals surface area contributed by atoms with E-state index in [0.29, 0.717) is 38.6 Å². The van der Waals surface area contributed by atoms with Crippen LogP contribution >= 0.6 is 0 Å². The van der Waals surface area contributed by atoms with Gasteiger partial charge in [-0.15, -0.1) is 0 Å². The third kappa shape index (κ3) is 6.65. The Morgan fingerprint density at radius 3 is 2.57 bits per heavy atom. The van der Waals surface area contributed by atoms with Crippen molar-refractivity contribution in [3.63, 3.8) is 0 Å². The van der Waals surface area contributed by atoms with Crippen LogP contribution in [0.25, 0.3) is 0 Å². The molecule has 1 heterocycles. The Bertz CT molecular complexity index is 389. The van der Waals surface area contributed by atoms with E-state index in [-0.39, 0.29) is 12.1 Å². The lowest BCUT2D eigenvalue weighted by Gasteiger charge is -2.36. The molecule has 3 N–H and O–H groups in total. The fourth-order valence-electron chi connectivity index (χ4n) is 3.24. The van der Waals surface area contributed by atoms with Crippen LogP contribution in [0.3, 0.4) is 0 Å². The van der Waals surface area contributed by atoms with Gasteiger partial charge in [-0.1, -0.05) is 0 Å². The van der Waals surface area contributed by atoms with E-state index in [1.165, 1.54) is 0 Å². The van der Waals surface area contributed by atoms with E-state index in [0.717, 1.165) is 25.7 Å². The molecular weight excluding hydrogens is 296 g/mol. The molecule has 2 unspecified atom stereocenters. The fraction of sp³-hybridized carbons (Fsp3) is 0.941. The monoisotopic (exact) mass is 328 g/mol. The molecule has 2 atom stereocenters. The first-order valence-electron chi connectivity index (χ1n) is 8.79. The highest BCUT2D eigenvalue weighted by molar-refractivity contribution is 5.68. The number of rotatable bonds is 4. The maximum absolute atomic E-state index is 11.9. The second-order valence-corrected chi connectivity index (χ2v) is 7.92. The van der Waals surface area contributed by atoms with Gasteiger partial charge in [-0.2, -0.15) is 0 Å². The highest BCUT2D eigenvalue weighted by atomic mass is 16.6. The predicted octanol–water partition coefficient (Wildman–Crippen LogP) is 1.95. The Morgan fingerprint density at radius 1 is 1.26 bits per heavy atom. The van der Waals surface area contributed by atoms with Crippen LogP contribution < -0.4 is 10.6 Å². The summed E-state index contributed by atoms with van der Waals surface area (Å²) >= 11 is 0. The number of hydrogen-bond donors (Lipinski definition) is 3. The van der Waals surface area contributed by atoms with Gasteiger partial charge in [0, 0.05) is 44.7 Å². The second-order valence-electron chi connectivity index (χ2n) is 7.92. The van der Waals surface area contributed by atoms with Gasteiger partial charge < -0.3 is 25.2 Å². The van der Waals surface area contributed by atoms with Crippen molar-refractivity contribution >= 4 is 6.09 Å². The van der Waals surface area contributed by atoms with Crippen LogP contribution in [0.1, 0.15) is 59.3 Å². The number of carbonyl (C=O) groups is 1. The molecule has 0 radical (unpaired) electrons. The smallest absolute Gasteiger partial charge is 0.407 e. The Labute approximate surface area is 139 Å². The van der Waals surface area contributed by atoms with Crippen molar-refractivity contribution in [2.75, 3.05) is 19.8 Å². The van der Waals surface area contributed by atoms with Crippen molar-refractivity contribution in [3.8, 4) is 0 Å². The van der Waals surface area contributed by atoms with Crippen LogP contribution in [0.4, 0.5) is 4.79 Å². The van der Waals surface area contributed by atoms with Crippen molar-refractivity contribution < 1.29 is 19.4 Å². The van der Waals surface area contributed by atoms with Crippen LogP contribution in [0.15, 0.2) is 0 Å². The first kappa shape index (κ1) is 18.5. The lowest BCUT2D eigenvalue weighted by molar-refractivity contribution is -0.0633. The largest absolute Gasteiger partial charge is 0.444 e. The molecule has 2 fully saturated rings. The van der Waals surface area contributed by atoms with Crippen LogP contribution in [-0.4, -0.2) is 54.2 Å². The number of hydrogen-bond acceptors (Lipinski definition) is 5. The molecule has 0 aromatic carbocycles. The second kappa shape index (κ2) is 7.81. The zero-order valence-electron chi connectivity index (χ0n) is 14.7. The molecular formula is C17H32N2O4. The van der Waals surface area contributed by atoms with Crippen molar-refractivity contribution in [3.05, 3.63) is 0 Å². The topological polar surface area (TPSA) is 79.8 Å². The molecule has 1 saturated carbocycles. The molecule has 6 nitrogen and oxygen atoms in total. The summed E-state index contributed by atoms with van der Waals surface area (Å²) < 4.78 is 10.6. The maximum Gasteiger partial charge on any atom is 0.407 e. The highest BCUT2D eigenvalue weighted by Gasteiger charge is 2.32. The van der Waals surface area contributed by atoms with Gasteiger partial charge in [0.15, 0.2) is 0 Å². The third-order valence-corrected chi connectivity index (χ3v) is 4.54. The molecule has 2 rings (SSSR count). The molecule has 23 heavy (non-hydrogen) atoms. The number of amides is 1. The fourth-order valence-corrected chi connectivity index (χ4v) is 3.24. The van der Waals surface area contributed by atoms with Crippen molar-refractivity contribution in [2.45, 2.75) is 82.6 Å². The van der Waals surface area contributed by atoms with Gasteiger partial charge in [-0.25, -0.2) is 4.79 Å². The molecule has 1 aliphatic heterocycles. The molecule has 1 amide bonds. The summed E-state index contributed by atoms with van der Waals surface area (Å²) in [7, 11) is 0. The minimum absolute atomic E-state index is 0.139. The van der Waals surface area contributed by atoms with E-state index in [1.54, 1.807) is 0 Å². The molecule has 134 valence electrons. The lowest BCUT2D eigenvalue weighted by Crippen LogP contribution is -2.51. The summed E-state index contributed by atoms with van der Waals surface area (Å²) in [5, 5.41) is 17.0. The number of ether oxygens (including phenoxy) is 2. The molecule has 0 aromatic rings. The Kier molecular flexibility index (Phi) is 6.28. The summed E-state index contributed by atoms with van der Waals surface area (Å²) in [6.45, 7) is 7.46. The Hall–Kier alpha value is -0.850. The lowest BCUT2D eigenvalue weighted by atomic mass is 9.89. The van der Waals surface area contributed by atoms with E-state index in [4.69, 9.17) is 9.47 Å². The van der Waals surface area contributed by atoms with Gasteiger partial charge in [0.2, 0.25) is 0 Å². The summed E-state index contributed by atoms with van der Waals surface area (Å²) in [4.78, 5) is 11.9.